The predicted molar refractivity (Wildman–Crippen MR) is 77.8 cm³/mol. The number of hydrogen-bond donors (Lipinski definition) is 2. The van der Waals surface area contributed by atoms with Crippen LogP contribution in [0.2, 0.25) is 0 Å². The first-order chi connectivity index (χ1) is 9.52. The van der Waals surface area contributed by atoms with Gasteiger partial charge in [-0.15, -0.1) is 11.6 Å². The smallest absolute Gasteiger partial charge is 0.306 e. The number of hydrogen-bond acceptors (Lipinski definition) is 1. The van der Waals surface area contributed by atoms with Crippen LogP contribution in [-0.4, -0.2) is 9.97 Å². The fourth-order valence-corrected chi connectivity index (χ4v) is 2.57. The van der Waals surface area contributed by atoms with Gasteiger partial charge < -0.3 is 9.97 Å². The Bertz CT molecular complexity index is 817. The molecule has 3 rings (SSSR count). The minimum absolute atomic E-state index is 0.259. The molecule has 20 heavy (non-hydrogen) atoms. The van der Waals surface area contributed by atoms with Crippen molar-refractivity contribution in [2.24, 2.45) is 0 Å². The monoisotopic (exact) mass is 290 g/mol. The Morgan fingerprint density at radius 3 is 2.55 bits per heavy atom. The van der Waals surface area contributed by atoms with E-state index in [1.165, 1.54) is 12.1 Å². The van der Waals surface area contributed by atoms with E-state index in [0.29, 0.717) is 11.1 Å². The van der Waals surface area contributed by atoms with Crippen LogP contribution >= 0.6 is 11.6 Å². The maximum Gasteiger partial charge on any atom is 0.323 e. The van der Waals surface area contributed by atoms with E-state index >= 15 is 0 Å². The van der Waals surface area contributed by atoms with Crippen molar-refractivity contribution in [3.05, 3.63) is 69.4 Å². The third-order valence-corrected chi connectivity index (χ3v) is 3.69. The van der Waals surface area contributed by atoms with E-state index in [-0.39, 0.29) is 11.5 Å². The highest BCUT2D eigenvalue weighted by Crippen LogP contribution is 2.31. The molecule has 0 aliphatic carbocycles. The van der Waals surface area contributed by atoms with E-state index < -0.39 is 5.38 Å². The topological polar surface area (TPSA) is 48.6 Å². The molecule has 102 valence electrons. The van der Waals surface area contributed by atoms with Crippen LogP contribution in [0.15, 0.2) is 41.2 Å². The summed E-state index contributed by atoms with van der Waals surface area (Å²) in [7, 11) is 0. The van der Waals surface area contributed by atoms with Gasteiger partial charge in [-0.25, -0.2) is 9.18 Å². The van der Waals surface area contributed by atoms with E-state index in [1.54, 1.807) is 12.1 Å². The van der Waals surface area contributed by atoms with Gasteiger partial charge in [0.25, 0.3) is 0 Å². The Hall–Kier alpha value is -2.07. The highest BCUT2D eigenvalue weighted by Gasteiger charge is 2.13. The Labute approximate surface area is 119 Å². The van der Waals surface area contributed by atoms with E-state index in [4.69, 9.17) is 11.6 Å². The summed E-state index contributed by atoms with van der Waals surface area (Å²) in [4.78, 5) is 16.6. The average molecular weight is 291 g/mol. The second kappa shape index (κ2) is 4.80. The first kappa shape index (κ1) is 12.9. The molecule has 1 aromatic heterocycles. The van der Waals surface area contributed by atoms with Crippen molar-refractivity contribution in [1.82, 2.24) is 9.97 Å². The number of aryl methyl sites for hydroxylation is 1. The molecule has 2 N–H and O–H groups in total. The van der Waals surface area contributed by atoms with Crippen molar-refractivity contribution in [2.75, 3.05) is 0 Å². The molecule has 0 saturated carbocycles. The fourth-order valence-electron chi connectivity index (χ4n) is 2.31. The number of nitrogens with one attached hydrogen (secondary N) is 2. The van der Waals surface area contributed by atoms with Crippen molar-refractivity contribution in [3.8, 4) is 0 Å². The minimum Gasteiger partial charge on any atom is -0.306 e. The molecule has 0 saturated heterocycles. The normalized spacial score (nSPS) is 12.8. The summed E-state index contributed by atoms with van der Waals surface area (Å²) in [5, 5.41) is -0.466. The number of halogens is 2. The molecule has 1 atom stereocenters. The number of rotatable bonds is 2. The lowest BCUT2D eigenvalue weighted by molar-refractivity contribution is 0.624. The summed E-state index contributed by atoms with van der Waals surface area (Å²) < 4.78 is 13.4. The number of benzene rings is 2. The van der Waals surface area contributed by atoms with Crippen molar-refractivity contribution >= 4 is 22.6 Å². The fraction of sp³-hybridized carbons (Fsp3) is 0.133. The molecular formula is C15H12ClFN2O. The molecule has 0 fully saturated rings. The SMILES string of the molecule is Cc1cc(F)cc(C(Cl)c2ccc3[nH]c(=O)[nH]c3c2)c1. The predicted octanol–water partition coefficient (Wildman–Crippen LogP) is 3.63. The number of alkyl halides is 1. The molecule has 3 aromatic rings. The first-order valence-corrected chi connectivity index (χ1v) is 6.60. The quantitative estimate of drug-likeness (QED) is 0.696. The third kappa shape index (κ3) is 2.34. The number of fused-ring (bicyclic) bond motifs is 1. The minimum atomic E-state index is -0.466. The van der Waals surface area contributed by atoms with Gasteiger partial charge in [0, 0.05) is 0 Å². The van der Waals surface area contributed by atoms with Gasteiger partial charge in [0.05, 0.1) is 16.4 Å². The first-order valence-electron chi connectivity index (χ1n) is 6.16. The molecule has 0 bridgehead atoms. The van der Waals surface area contributed by atoms with E-state index in [1.807, 2.05) is 19.1 Å². The average Bonchev–Trinajstić information content (AvgIpc) is 2.75. The van der Waals surface area contributed by atoms with Crippen LogP contribution in [0.5, 0.6) is 0 Å². The Balaban J connectivity index is 2.06. The molecule has 3 nitrogen and oxygen atoms in total. The molecular weight excluding hydrogens is 279 g/mol. The van der Waals surface area contributed by atoms with Gasteiger partial charge in [-0.05, 0) is 47.9 Å². The van der Waals surface area contributed by atoms with Crippen LogP contribution in [0.25, 0.3) is 11.0 Å². The van der Waals surface area contributed by atoms with Gasteiger partial charge in [0.2, 0.25) is 0 Å². The van der Waals surface area contributed by atoms with Crippen LogP contribution in [0, 0.1) is 12.7 Å². The van der Waals surface area contributed by atoms with Gasteiger partial charge in [-0.2, -0.15) is 0 Å². The van der Waals surface area contributed by atoms with Crippen LogP contribution in [0.1, 0.15) is 22.1 Å². The van der Waals surface area contributed by atoms with Crippen molar-refractivity contribution < 1.29 is 4.39 Å². The standard InChI is InChI=1S/C15H12ClFN2O/c1-8-4-10(6-11(17)5-8)14(16)9-2-3-12-13(7-9)19-15(20)18-12/h2-7,14H,1H3,(H2,18,19,20). The van der Waals surface area contributed by atoms with Crippen molar-refractivity contribution in [3.63, 3.8) is 0 Å². The highest BCUT2D eigenvalue weighted by molar-refractivity contribution is 6.22. The number of aromatic amines is 2. The second-order valence-electron chi connectivity index (χ2n) is 4.81. The van der Waals surface area contributed by atoms with E-state index in [2.05, 4.69) is 9.97 Å². The van der Waals surface area contributed by atoms with Crippen LogP contribution in [0.4, 0.5) is 4.39 Å². The Morgan fingerprint density at radius 1 is 1.05 bits per heavy atom. The molecule has 0 amide bonds. The summed E-state index contributed by atoms with van der Waals surface area (Å²) in [6.45, 7) is 1.82. The van der Waals surface area contributed by atoms with Gasteiger partial charge in [-0.3, -0.25) is 0 Å². The van der Waals surface area contributed by atoms with Gasteiger partial charge in [0.15, 0.2) is 0 Å². The molecule has 1 unspecified atom stereocenters. The summed E-state index contributed by atoms with van der Waals surface area (Å²) in [6.07, 6.45) is 0. The number of imidazole rings is 1. The zero-order valence-corrected chi connectivity index (χ0v) is 11.5. The molecule has 5 heteroatoms. The van der Waals surface area contributed by atoms with Crippen LogP contribution < -0.4 is 5.69 Å². The maximum atomic E-state index is 13.4. The molecule has 2 aromatic carbocycles. The number of H-pyrrole nitrogens is 2. The largest absolute Gasteiger partial charge is 0.323 e. The lowest BCUT2D eigenvalue weighted by atomic mass is 10.0. The van der Waals surface area contributed by atoms with Gasteiger partial charge in [-0.1, -0.05) is 12.1 Å². The maximum absolute atomic E-state index is 13.4. The molecule has 0 radical (unpaired) electrons. The van der Waals surface area contributed by atoms with Crippen molar-refractivity contribution in [2.45, 2.75) is 12.3 Å². The Kier molecular flexibility index (Phi) is 3.10. The van der Waals surface area contributed by atoms with Crippen molar-refractivity contribution in [1.29, 1.82) is 0 Å². The molecule has 1 heterocycles. The zero-order chi connectivity index (χ0) is 14.3. The van der Waals surface area contributed by atoms with Crippen LogP contribution in [-0.2, 0) is 0 Å². The van der Waals surface area contributed by atoms with E-state index in [9.17, 15) is 9.18 Å². The summed E-state index contributed by atoms with van der Waals surface area (Å²) in [5.41, 5.74) is 3.47. The lowest BCUT2D eigenvalue weighted by Gasteiger charge is -2.11. The summed E-state index contributed by atoms with van der Waals surface area (Å²) >= 11 is 6.41. The Morgan fingerprint density at radius 2 is 1.80 bits per heavy atom. The second-order valence-corrected chi connectivity index (χ2v) is 5.25. The van der Waals surface area contributed by atoms with Crippen LogP contribution in [0.3, 0.4) is 0 Å². The molecule has 0 aliphatic rings. The van der Waals surface area contributed by atoms with Gasteiger partial charge >= 0.3 is 5.69 Å². The lowest BCUT2D eigenvalue weighted by Crippen LogP contribution is -1.99. The molecule has 0 spiro atoms. The van der Waals surface area contributed by atoms with E-state index in [0.717, 1.165) is 16.6 Å². The molecule has 0 aliphatic heterocycles. The summed E-state index contributed by atoms with van der Waals surface area (Å²) in [5.74, 6) is -0.304. The highest BCUT2D eigenvalue weighted by atomic mass is 35.5. The third-order valence-electron chi connectivity index (χ3n) is 3.19. The van der Waals surface area contributed by atoms with Gasteiger partial charge in [0.1, 0.15) is 5.82 Å². The zero-order valence-electron chi connectivity index (χ0n) is 10.7. The summed E-state index contributed by atoms with van der Waals surface area (Å²) in [6, 6.07) is 10.1. The number of aromatic nitrogens is 2.